The highest BCUT2D eigenvalue weighted by atomic mass is 16.5. The molecule has 6 heteroatoms. The fourth-order valence-corrected chi connectivity index (χ4v) is 2.65. The Hall–Kier alpha value is -3.85. The third-order valence-corrected chi connectivity index (χ3v) is 4.23. The molecule has 28 heavy (non-hydrogen) atoms. The number of hydrogen-bond donors (Lipinski definition) is 0. The molecule has 0 bridgehead atoms. The number of fused-ring (bicyclic) bond motifs is 1. The van der Waals surface area contributed by atoms with Crippen molar-refractivity contribution in [3.63, 3.8) is 0 Å². The van der Waals surface area contributed by atoms with Gasteiger partial charge < -0.3 is 14.0 Å². The number of aryl methyl sites for hydroxylation is 1. The number of benzene rings is 1. The summed E-state index contributed by atoms with van der Waals surface area (Å²) in [6, 6.07) is 15.2. The van der Waals surface area contributed by atoms with Crippen LogP contribution in [0.25, 0.3) is 11.2 Å². The van der Waals surface area contributed by atoms with E-state index in [0.29, 0.717) is 29.3 Å². The van der Waals surface area contributed by atoms with Crippen LogP contribution in [0.2, 0.25) is 0 Å². The van der Waals surface area contributed by atoms with Gasteiger partial charge >= 0.3 is 0 Å². The monoisotopic (exact) mass is 370 g/mol. The molecular formula is C22H18N4O2. The number of aromatic nitrogens is 4. The summed E-state index contributed by atoms with van der Waals surface area (Å²) in [4.78, 5) is 13.4. The van der Waals surface area contributed by atoms with Crippen molar-refractivity contribution in [3.05, 3.63) is 77.9 Å². The molecule has 3 aromatic heterocycles. The van der Waals surface area contributed by atoms with Crippen LogP contribution in [0.3, 0.4) is 0 Å². The zero-order valence-electron chi connectivity index (χ0n) is 15.6. The van der Waals surface area contributed by atoms with E-state index in [1.807, 2.05) is 66.3 Å². The summed E-state index contributed by atoms with van der Waals surface area (Å²) < 4.78 is 13.1. The van der Waals surface area contributed by atoms with Crippen LogP contribution in [-0.4, -0.2) is 26.6 Å². The summed E-state index contributed by atoms with van der Waals surface area (Å²) >= 11 is 0. The summed E-state index contributed by atoms with van der Waals surface area (Å²) in [5.74, 6) is 7.34. The van der Waals surface area contributed by atoms with Gasteiger partial charge in [0.25, 0.3) is 0 Å². The van der Waals surface area contributed by atoms with E-state index in [2.05, 4.69) is 26.8 Å². The van der Waals surface area contributed by atoms with Gasteiger partial charge in [-0.1, -0.05) is 5.92 Å². The first kappa shape index (κ1) is 17.6. The average molecular weight is 370 g/mol. The van der Waals surface area contributed by atoms with Crippen molar-refractivity contribution in [1.29, 1.82) is 0 Å². The quantitative estimate of drug-likeness (QED) is 0.516. The number of pyridine rings is 1. The lowest BCUT2D eigenvalue weighted by molar-refractivity contribution is 0.284. The van der Waals surface area contributed by atoms with Crippen LogP contribution < -0.4 is 9.47 Å². The fraction of sp³-hybridized carbons (Fsp3) is 0.136. The lowest BCUT2D eigenvalue weighted by atomic mass is 10.2. The molecule has 0 aliphatic rings. The summed E-state index contributed by atoms with van der Waals surface area (Å²) in [5.41, 5.74) is 3.53. The maximum absolute atomic E-state index is 5.95. The van der Waals surface area contributed by atoms with Crippen LogP contribution in [0.5, 0.6) is 11.6 Å². The van der Waals surface area contributed by atoms with Crippen LogP contribution >= 0.6 is 0 Å². The highest BCUT2D eigenvalue weighted by Gasteiger charge is 2.10. The molecule has 0 atom stereocenters. The predicted molar refractivity (Wildman–Crippen MR) is 106 cm³/mol. The molecule has 0 aliphatic heterocycles. The smallest absolute Gasteiger partial charge is 0.250 e. The molecule has 3 heterocycles. The zero-order chi connectivity index (χ0) is 19.3. The minimum atomic E-state index is 0.376. The van der Waals surface area contributed by atoms with Crippen molar-refractivity contribution < 1.29 is 9.47 Å². The van der Waals surface area contributed by atoms with Crippen LogP contribution in [-0.2, 0) is 13.7 Å². The topological polar surface area (TPSA) is 62.1 Å². The van der Waals surface area contributed by atoms with Gasteiger partial charge in [-0.25, -0.2) is 15.0 Å². The van der Waals surface area contributed by atoms with Gasteiger partial charge in [0.1, 0.15) is 17.9 Å². The Labute approximate surface area is 162 Å². The molecule has 0 saturated heterocycles. The first-order valence-corrected chi connectivity index (χ1v) is 8.75. The maximum Gasteiger partial charge on any atom is 0.250 e. The van der Waals surface area contributed by atoms with Gasteiger partial charge in [-0.05, 0) is 54.5 Å². The highest BCUT2D eigenvalue weighted by molar-refractivity contribution is 5.71. The molecule has 0 saturated carbocycles. The van der Waals surface area contributed by atoms with Crippen molar-refractivity contribution in [3.8, 4) is 23.5 Å². The van der Waals surface area contributed by atoms with Gasteiger partial charge in [0.2, 0.25) is 5.88 Å². The Balaban J connectivity index is 1.68. The molecule has 1 aromatic carbocycles. The standard InChI is InChI=1S/C22H18N4O2/c1-26-14-4-5-17(26)15-28-22-20(24-21-19(25-22)6-3-13-23-21)12-9-16-7-10-18(27-2)11-8-16/h3-8,10-11,13-14H,15H2,1-2H3. The van der Waals surface area contributed by atoms with Crippen LogP contribution in [0.15, 0.2) is 60.9 Å². The Morgan fingerprint density at radius 1 is 1.00 bits per heavy atom. The van der Waals surface area contributed by atoms with Crippen molar-refractivity contribution >= 4 is 11.2 Å². The van der Waals surface area contributed by atoms with E-state index >= 15 is 0 Å². The molecule has 4 rings (SSSR count). The summed E-state index contributed by atoms with van der Waals surface area (Å²) in [5, 5.41) is 0. The molecule has 138 valence electrons. The molecule has 6 nitrogen and oxygen atoms in total. The van der Waals surface area contributed by atoms with Gasteiger partial charge in [-0.15, -0.1) is 0 Å². The number of ether oxygens (including phenoxy) is 2. The van der Waals surface area contributed by atoms with E-state index in [9.17, 15) is 0 Å². The molecule has 0 unspecified atom stereocenters. The van der Waals surface area contributed by atoms with E-state index in [0.717, 1.165) is 17.0 Å². The molecule has 4 aromatic rings. The first-order chi connectivity index (χ1) is 13.7. The van der Waals surface area contributed by atoms with Crippen molar-refractivity contribution in [2.24, 2.45) is 7.05 Å². The lowest BCUT2D eigenvalue weighted by Gasteiger charge is -2.08. The van der Waals surface area contributed by atoms with E-state index < -0.39 is 0 Å². The second kappa shape index (κ2) is 7.80. The maximum atomic E-state index is 5.95. The number of hydrogen-bond acceptors (Lipinski definition) is 5. The Morgan fingerprint density at radius 3 is 2.61 bits per heavy atom. The van der Waals surface area contributed by atoms with Crippen LogP contribution in [0.4, 0.5) is 0 Å². The molecular weight excluding hydrogens is 352 g/mol. The third kappa shape index (κ3) is 3.79. The summed E-state index contributed by atoms with van der Waals surface area (Å²) in [7, 11) is 3.60. The van der Waals surface area contributed by atoms with Crippen LogP contribution in [0.1, 0.15) is 17.0 Å². The molecule has 0 aliphatic carbocycles. The van der Waals surface area contributed by atoms with Crippen molar-refractivity contribution in [2.45, 2.75) is 6.61 Å². The SMILES string of the molecule is COc1ccc(C#Cc2nc3ncccc3nc2OCc2cccn2C)cc1. The lowest BCUT2D eigenvalue weighted by Crippen LogP contribution is -2.05. The molecule has 0 radical (unpaired) electrons. The van der Waals surface area contributed by atoms with Crippen molar-refractivity contribution in [1.82, 2.24) is 19.5 Å². The van der Waals surface area contributed by atoms with E-state index in [1.165, 1.54) is 0 Å². The Bertz CT molecular complexity index is 1170. The minimum absolute atomic E-state index is 0.376. The Kier molecular flexibility index (Phi) is 4.89. The second-order valence-electron chi connectivity index (χ2n) is 6.10. The third-order valence-electron chi connectivity index (χ3n) is 4.23. The normalized spacial score (nSPS) is 10.4. The number of methoxy groups -OCH3 is 1. The first-order valence-electron chi connectivity index (χ1n) is 8.75. The number of nitrogens with zero attached hydrogens (tertiary/aromatic N) is 4. The molecule has 0 N–H and O–H groups in total. The number of rotatable bonds is 4. The zero-order valence-corrected chi connectivity index (χ0v) is 15.6. The van der Waals surface area contributed by atoms with Gasteiger partial charge in [0, 0.05) is 25.0 Å². The van der Waals surface area contributed by atoms with Gasteiger partial charge in [0.15, 0.2) is 11.3 Å². The van der Waals surface area contributed by atoms with E-state index in [1.54, 1.807) is 13.3 Å². The second-order valence-corrected chi connectivity index (χ2v) is 6.10. The Morgan fingerprint density at radius 2 is 1.86 bits per heavy atom. The highest BCUT2D eigenvalue weighted by Crippen LogP contribution is 2.19. The van der Waals surface area contributed by atoms with Gasteiger partial charge in [-0.3, -0.25) is 0 Å². The summed E-state index contributed by atoms with van der Waals surface area (Å²) in [6.45, 7) is 0.376. The van der Waals surface area contributed by atoms with E-state index in [-0.39, 0.29) is 0 Å². The molecule has 0 fully saturated rings. The fourth-order valence-electron chi connectivity index (χ4n) is 2.65. The van der Waals surface area contributed by atoms with Crippen LogP contribution in [0, 0.1) is 11.8 Å². The summed E-state index contributed by atoms with van der Waals surface area (Å²) in [6.07, 6.45) is 3.65. The average Bonchev–Trinajstić information content (AvgIpc) is 3.15. The molecule has 0 spiro atoms. The molecule has 0 amide bonds. The largest absolute Gasteiger partial charge is 0.497 e. The van der Waals surface area contributed by atoms with E-state index in [4.69, 9.17) is 9.47 Å². The predicted octanol–water partition coefficient (Wildman–Crippen LogP) is 3.35. The van der Waals surface area contributed by atoms with Gasteiger partial charge in [0.05, 0.1) is 12.8 Å². The van der Waals surface area contributed by atoms with Crippen molar-refractivity contribution in [2.75, 3.05) is 7.11 Å². The minimum Gasteiger partial charge on any atom is -0.497 e. The van der Waals surface area contributed by atoms with Gasteiger partial charge in [-0.2, -0.15) is 0 Å².